The molecule has 0 bridgehead atoms. The molecule has 2 aromatic carbocycles. The Morgan fingerprint density at radius 2 is 1.96 bits per heavy atom. The molecule has 2 aliphatic heterocycles. The maximum absolute atomic E-state index is 11.7. The number of β-amino-alcohol motifs (C(OH)–C–C–N with tert-alkyl or cyclic N) is 1. The van der Waals surface area contributed by atoms with Crippen LogP contribution in [0.2, 0.25) is 0 Å². The van der Waals surface area contributed by atoms with E-state index in [-0.39, 0.29) is 0 Å². The average molecular weight is 370 g/mol. The van der Waals surface area contributed by atoms with Crippen LogP contribution in [0, 0.1) is 6.92 Å². The zero-order valence-electron chi connectivity index (χ0n) is 15.3. The summed E-state index contributed by atoms with van der Waals surface area (Å²) in [5.74, 6) is 1.94. The second-order valence-electron chi connectivity index (χ2n) is 6.81. The molecule has 1 atom stereocenters. The maximum Gasteiger partial charge on any atom is 0.316 e. The number of hydrogen-bond donors (Lipinski definition) is 1. The molecule has 26 heavy (non-hydrogen) atoms. The monoisotopic (exact) mass is 369 g/mol. The molecule has 1 unspecified atom stereocenters. The topological polar surface area (TPSA) is 35.7 Å². The van der Waals surface area contributed by atoms with E-state index in [2.05, 4.69) is 34.6 Å². The van der Waals surface area contributed by atoms with Crippen molar-refractivity contribution in [1.82, 2.24) is 0 Å². The zero-order valence-corrected chi connectivity index (χ0v) is 16.1. The number of nitrogens with zero attached hydrogens (tertiary/aromatic N) is 2. The summed E-state index contributed by atoms with van der Waals surface area (Å²) in [6, 6.07) is 16.3. The van der Waals surface area contributed by atoms with E-state index >= 15 is 0 Å². The van der Waals surface area contributed by atoms with Gasteiger partial charge < -0.3 is 9.84 Å². The highest BCUT2D eigenvalue weighted by atomic mass is 32.2. The Labute approximate surface area is 159 Å². The Kier molecular flexibility index (Phi) is 4.67. The number of rotatable bonds is 4. The van der Waals surface area contributed by atoms with E-state index in [1.807, 2.05) is 49.0 Å². The summed E-state index contributed by atoms with van der Waals surface area (Å²) >= 11 is 1.82. The number of aryl methyl sites for hydroxylation is 1. The van der Waals surface area contributed by atoms with Gasteiger partial charge in [-0.15, -0.1) is 0 Å². The second kappa shape index (κ2) is 6.97. The van der Waals surface area contributed by atoms with Gasteiger partial charge >= 0.3 is 5.17 Å². The van der Waals surface area contributed by atoms with Crippen molar-refractivity contribution in [1.29, 1.82) is 0 Å². The van der Waals surface area contributed by atoms with Crippen LogP contribution >= 0.6 is 11.8 Å². The Morgan fingerprint density at radius 1 is 1.19 bits per heavy atom. The highest BCUT2D eigenvalue weighted by Gasteiger charge is 2.53. The standard InChI is InChI=1S/C21H25N2O2S/c1-3-25-19-8-5-4-7-18(19)22-15-21(24,17-11-9-16(2)10-12-17)23-13-6-14-26-20(22)23/h4-5,7-12,24H,3,6,13-15H2,1-2H3/q+1. The van der Waals surface area contributed by atoms with Crippen molar-refractivity contribution in [2.24, 2.45) is 0 Å². The van der Waals surface area contributed by atoms with Gasteiger partial charge in [-0.1, -0.05) is 42.0 Å². The van der Waals surface area contributed by atoms with Gasteiger partial charge in [0.25, 0.3) is 5.72 Å². The smallest absolute Gasteiger partial charge is 0.316 e. The molecule has 0 radical (unpaired) electrons. The minimum atomic E-state index is -1.02. The predicted molar refractivity (Wildman–Crippen MR) is 107 cm³/mol. The molecule has 0 fully saturated rings. The van der Waals surface area contributed by atoms with Crippen molar-refractivity contribution in [3.63, 3.8) is 0 Å². The van der Waals surface area contributed by atoms with Gasteiger partial charge in [0.05, 0.1) is 13.2 Å². The molecule has 0 saturated carbocycles. The van der Waals surface area contributed by atoms with Gasteiger partial charge in [0.15, 0.2) is 18.0 Å². The normalized spacial score (nSPS) is 22.5. The van der Waals surface area contributed by atoms with Crippen LogP contribution in [0.15, 0.2) is 48.5 Å². The molecule has 2 aliphatic rings. The molecular formula is C21H25N2O2S+. The summed E-state index contributed by atoms with van der Waals surface area (Å²) in [5, 5.41) is 12.8. The molecule has 4 rings (SSSR count). The molecule has 0 aliphatic carbocycles. The molecule has 1 N–H and O–H groups in total. The molecule has 5 heteroatoms. The van der Waals surface area contributed by atoms with E-state index in [1.54, 1.807) is 0 Å². The molecule has 0 spiro atoms. The summed E-state index contributed by atoms with van der Waals surface area (Å²) in [7, 11) is 0. The van der Waals surface area contributed by atoms with Crippen LogP contribution in [-0.2, 0) is 5.72 Å². The SMILES string of the molecule is CCOc1ccccc1N1CC(O)(c2ccc(C)cc2)[N+]2=C1SCCC2. The van der Waals surface area contributed by atoms with E-state index in [0.717, 1.165) is 40.9 Å². The number of ether oxygens (including phenoxy) is 1. The number of anilines is 1. The van der Waals surface area contributed by atoms with Crippen LogP contribution in [0.5, 0.6) is 5.75 Å². The minimum absolute atomic E-state index is 0.502. The number of benzene rings is 2. The Bertz CT molecular complexity index is 834. The molecule has 0 amide bonds. The number of aliphatic hydroxyl groups is 1. The van der Waals surface area contributed by atoms with Crippen molar-refractivity contribution < 1.29 is 14.4 Å². The van der Waals surface area contributed by atoms with Gasteiger partial charge in [-0.25, -0.2) is 9.48 Å². The first-order valence-corrected chi connectivity index (χ1v) is 10.2. The molecule has 2 aromatic rings. The van der Waals surface area contributed by atoms with Crippen molar-refractivity contribution in [3.05, 3.63) is 59.7 Å². The molecule has 2 heterocycles. The van der Waals surface area contributed by atoms with Crippen LogP contribution in [0.3, 0.4) is 0 Å². The van der Waals surface area contributed by atoms with Crippen LogP contribution in [0.1, 0.15) is 24.5 Å². The number of amidine groups is 1. The van der Waals surface area contributed by atoms with Crippen LogP contribution in [0.4, 0.5) is 5.69 Å². The van der Waals surface area contributed by atoms with Crippen molar-refractivity contribution in [2.75, 3.05) is 30.3 Å². The Hall–Kier alpha value is -1.98. The van der Waals surface area contributed by atoms with Gasteiger partial charge in [0, 0.05) is 11.3 Å². The third-order valence-electron chi connectivity index (χ3n) is 5.01. The van der Waals surface area contributed by atoms with Crippen molar-refractivity contribution >= 4 is 22.6 Å². The van der Waals surface area contributed by atoms with Crippen LogP contribution in [-0.4, -0.2) is 40.3 Å². The third-order valence-corrected chi connectivity index (χ3v) is 6.21. The fourth-order valence-electron chi connectivity index (χ4n) is 3.71. The summed E-state index contributed by atoms with van der Waals surface area (Å²) in [6.07, 6.45) is 1.07. The van der Waals surface area contributed by atoms with Crippen molar-refractivity contribution in [2.45, 2.75) is 26.0 Å². The van der Waals surface area contributed by atoms with Gasteiger partial charge in [-0.05, 0) is 44.2 Å². The minimum Gasteiger partial charge on any atom is -0.489 e. The van der Waals surface area contributed by atoms with Crippen LogP contribution < -0.4 is 9.64 Å². The van der Waals surface area contributed by atoms with Crippen LogP contribution in [0.25, 0.3) is 0 Å². The summed E-state index contributed by atoms with van der Waals surface area (Å²) < 4.78 is 8.02. The van der Waals surface area contributed by atoms with Gasteiger partial charge in [-0.2, -0.15) is 0 Å². The maximum atomic E-state index is 11.7. The summed E-state index contributed by atoms with van der Waals surface area (Å²) in [4.78, 5) is 2.22. The van der Waals surface area contributed by atoms with Gasteiger partial charge in [0.2, 0.25) is 0 Å². The Morgan fingerprint density at radius 3 is 2.73 bits per heavy atom. The van der Waals surface area contributed by atoms with Crippen molar-refractivity contribution in [3.8, 4) is 5.75 Å². The van der Waals surface area contributed by atoms with Gasteiger partial charge in [-0.3, -0.25) is 0 Å². The fourth-order valence-corrected chi connectivity index (χ4v) is 4.89. The summed E-state index contributed by atoms with van der Waals surface area (Å²) in [6.45, 7) is 6.06. The lowest BCUT2D eigenvalue weighted by Crippen LogP contribution is -2.41. The average Bonchev–Trinajstić information content (AvgIpc) is 2.97. The third kappa shape index (κ3) is 2.89. The quantitative estimate of drug-likeness (QED) is 0.836. The van der Waals surface area contributed by atoms with E-state index in [4.69, 9.17) is 4.74 Å². The largest absolute Gasteiger partial charge is 0.489 e. The lowest BCUT2D eigenvalue weighted by molar-refractivity contribution is -0.656. The first-order chi connectivity index (χ1) is 12.6. The first-order valence-electron chi connectivity index (χ1n) is 9.20. The lowest BCUT2D eigenvalue weighted by Gasteiger charge is -2.24. The number of thioether (sulfide) groups is 1. The molecule has 0 saturated heterocycles. The Balaban J connectivity index is 1.79. The highest BCUT2D eigenvalue weighted by molar-refractivity contribution is 8.13. The fraction of sp³-hybridized carbons (Fsp3) is 0.381. The second-order valence-corrected chi connectivity index (χ2v) is 7.87. The van der Waals surface area contributed by atoms with E-state index in [1.165, 1.54) is 5.56 Å². The highest BCUT2D eigenvalue weighted by Crippen LogP contribution is 2.40. The molecular weight excluding hydrogens is 344 g/mol. The van der Waals surface area contributed by atoms with E-state index in [9.17, 15) is 5.11 Å². The number of hydrogen-bond acceptors (Lipinski definition) is 4. The van der Waals surface area contributed by atoms with E-state index < -0.39 is 5.72 Å². The first kappa shape index (κ1) is 17.4. The summed E-state index contributed by atoms with van der Waals surface area (Å²) in [5.41, 5.74) is 2.15. The molecule has 0 aromatic heterocycles. The lowest BCUT2D eigenvalue weighted by atomic mass is 10.0. The zero-order chi connectivity index (χ0) is 18.1. The molecule has 4 nitrogen and oxygen atoms in total. The predicted octanol–water partition coefficient (Wildman–Crippen LogP) is 3.56. The molecule has 136 valence electrons. The van der Waals surface area contributed by atoms with E-state index in [0.29, 0.717) is 13.2 Å². The number of para-hydroxylation sites is 2. The van der Waals surface area contributed by atoms with Gasteiger partial charge in [0.1, 0.15) is 0 Å².